The number of nitrogens with zero attached hydrogens (tertiary/aromatic N) is 3. The number of amides is 1. The first-order chi connectivity index (χ1) is 8.56. The molecule has 3 rings (SSSR count). The van der Waals surface area contributed by atoms with Crippen molar-refractivity contribution in [2.45, 2.75) is 44.7 Å². The van der Waals surface area contributed by atoms with E-state index >= 15 is 0 Å². The summed E-state index contributed by atoms with van der Waals surface area (Å²) in [5, 5.41) is 4.26. The number of carbonyl (C=O) groups excluding carboxylic acids is 1. The lowest BCUT2D eigenvalue weighted by Crippen LogP contribution is -2.45. The van der Waals surface area contributed by atoms with Crippen LogP contribution in [0.3, 0.4) is 0 Å². The Balaban J connectivity index is 1.90. The lowest BCUT2D eigenvalue weighted by atomic mass is 9.98. The second-order valence-corrected chi connectivity index (χ2v) is 5.55. The molecule has 96 valence electrons. The molecular formula is C14H19N3O. The van der Waals surface area contributed by atoms with Crippen LogP contribution >= 0.6 is 0 Å². The van der Waals surface area contributed by atoms with E-state index in [9.17, 15) is 4.79 Å². The zero-order valence-electron chi connectivity index (χ0n) is 11.0. The van der Waals surface area contributed by atoms with E-state index in [1.165, 1.54) is 5.57 Å². The number of hydrogen-bond acceptors (Lipinski definition) is 2. The quantitative estimate of drug-likeness (QED) is 0.710. The highest BCUT2D eigenvalue weighted by Gasteiger charge is 2.41. The van der Waals surface area contributed by atoms with Gasteiger partial charge in [0.2, 0.25) is 0 Å². The van der Waals surface area contributed by atoms with E-state index in [-0.39, 0.29) is 5.91 Å². The normalized spacial score (nSPS) is 26.8. The summed E-state index contributed by atoms with van der Waals surface area (Å²) in [4.78, 5) is 14.7. The Hall–Kier alpha value is -1.58. The molecular weight excluding hydrogens is 226 g/mol. The van der Waals surface area contributed by atoms with E-state index in [0.29, 0.717) is 17.8 Å². The van der Waals surface area contributed by atoms with Crippen LogP contribution in [-0.4, -0.2) is 32.7 Å². The van der Waals surface area contributed by atoms with Gasteiger partial charge in [-0.15, -0.1) is 0 Å². The first-order valence-corrected chi connectivity index (χ1v) is 6.56. The average Bonchev–Trinajstić information content (AvgIpc) is 2.76. The molecule has 4 nitrogen and oxygen atoms in total. The van der Waals surface area contributed by atoms with Crippen molar-refractivity contribution < 1.29 is 4.79 Å². The van der Waals surface area contributed by atoms with Crippen molar-refractivity contribution in [3.8, 4) is 0 Å². The third kappa shape index (κ3) is 1.67. The van der Waals surface area contributed by atoms with Gasteiger partial charge in [-0.2, -0.15) is 5.10 Å². The summed E-state index contributed by atoms with van der Waals surface area (Å²) in [7, 11) is 1.84. The van der Waals surface area contributed by atoms with Crippen LogP contribution in [0.1, 0.15) is 41.9 Å². The first kappa shape index (κ1) is 11.5. The molecule has 4 heteroatoms. The molecule has 0 spiro atoms. The van der Waals surface area contributed by atoms with E-state index in [1.807, 2.05) is 20.0 Å². The van der Waals surface area contributed by atoms with Crippen LogP contribution < -0.4 is 0 Å². The number of hydrogen-bond donors (Lipinski definition) is 0. The van der Waals surface area contributed by atoms with Crippen LogP contribution in [0, 0.1) is 6.92 Å². The molecule has 0 radical (unpaired) electrons. The van der Waals surface area contributed by atoms with Gasteiger partial charge in [0.15, 0.2) is 0 Å². The van der Waals surface area contributed by atoms with E-state index in [1.54, 1.807) is 4.68 Å². The molecule has 0 aliphatic carbocycles. The van der Waals surface area contributed by atoms with Crippen molar-refractivity contribution in [3.63, 3.8) is 0 Å². The fraction of sp³-hybridized carbons (Fsp3) is 0.571. The van der Waals surface area contributed by atoms with Gasteiger partial charge in [-0.1, -0.05) is 12.2 Å². The molecule has 2 atom stereocenters. The van der Waals surface area contributed by atoms with Gasteiger partial charge in [0, 0.05) is 19.1 Å². The molecule has 1 aromatic heterocycles. The monoisotopic (exact) mass is 245 g/mol. The van der Waals surface area contributed by atoms with Gasteiger partial charge in [-0.3, -0.25) is 9.48 Å². The SMILES string of the molecule is C=C1CC2CCC(C1)N2C(=O)c1cc(C)nn1C. The fourth-order valence-corrected chi connectivity index (χ4v) is 3.39. The second kappa shape index (κ2) is 3.97. The number of carbonyl (C=O) groups is 1. The summed E-state index contributed by atoms with van der Waals surface area (Å²) < 4.78 is 1.69. The van der Waals surface area contributed by atoms with Gasteiger partial charge in [0.25, 0.3) is 5.91 Å². The number of aryl methyl sites for hydroxylation is 2. The maximum atomic E-state index is 12.6. The Bertz CT molecular complexity index is 501. The Morgan fingerprint density at radius 2 is 2.00 bits per heavy atom. The number of rotatable bonds is 1. The highest BCUT2D eigenvalue weighted by atomic mass is 16.2. The van der Waals surface area contributed by atoms with Gasteiger partial charge in [-0.25, -0.2) is 0 Å². The maximum absolute atomic E-state index is 12.6. The van der Waals surface area contributed by atoms with E-state index in [0.717, 1.165) is 31.4 Å². The summed E-state index contributed by atoms with van der Waals surface area (Å²) in [6, 6.07) is 2.60. The van der Waals surface area contributed by atoms with Crippen molar-refractivity contribution in [3.05, 3.63) is 29.6 Å². The minimum absolute atomic E-state index is 0.137. The highest BCUT2D eigenvalue weighted by molar-refractivity contribution is 5.93. The van der Waals surface area contributed by atoms with Gasteiger partial charge < -0.3 is 4.90 Å². The predicted octanol–water partition coefficient (Wildman–Crippen LogP) is 2.05. The third-order valence-electron chi connectivity index (χ3n) is 4.12. The molecule has 2 unspecified atom stereocenters. The molecule has 0 aromatic carbocycles. The van der Waals surface area contributed by atoms with Gasteiger partial charge >= 0.3 is 0 Å². The molecule has 2 saturated heterocycles. The van der Waals surface area contributed by atoms with Crippen molar-refractivity contribution in [2.24, 2.45) is 7.05 Å². The standard InChI is InChI=1S/C14H19N3O/c1-9-6-11-4-5-12(7-9)17(11)14(18)13-8-10(2)15-16(13)3/h8,11-12H,1,4-7H2,2-3H3. The molecule has 2 aliphatic heterocycles. The van der Waals surface area contributed by atoms with Crippen LogP contribution in [0.2, 0.25) is 0 Å². The molecule has 2 bridgehead atoms. The second-order valence-electron chi connectivity index (χ2n) is 5.55. The molecule has 18 heavy (non-hydrogen) atoms. The Labute approximate surface area is 107 Å². The molecule has 0 saturated carbocycles. The molecule has 1 aromatic rings. The van der Waals surface area contributed by atoms with Crippen LogP contribution in [-0.2, 0) is 7.05 Å². The summed E-state index contributed by atoms with van der Waals surface area (Å²) in [5.41, 5.74) is 2.90. The number of piperidine rings is 1. The van der Waals surface area contributed by atoms with Crippen molar-refractivity contribution in [1.29, 1.82) is 0 Å². The van der Waals surface area contributed by atoms with Crippen LogP contribution in [0.4, 0.5) is 0 Å². The molecule has 2 fully saturated rings. The van der Waals surface area contributed by atoms with Crippen molar-refractivity contribution in [2.75, 3.05) is 0 Å². The maximum Gasteiger partial charge on any atom is 0.272 e. The lowest BCUT2D eigenvalue weighted by molar-refractivity contribution is 0.0623. The topological polar surface area (TPSA) is 38.1 Å². The smallest absolute Gasteiger partial charge is 0.272 e. The van der Waals surface area contributed by atoms with Gasteiger partial charge in [0.1, 0.15) is 5.69 Å². The minimum atomic E-state index is 0.137. The zero-order valence-corrected chi connectivity index (χ0v) is 11.0. The van der Waals surface area contributed by atoms with E-state index < -0.39 is 0 Å². The Morgan fingerprint density at radius 3 is 2.50 bits per heavy atom. The van der Waals surface area contributed by atoms with Crippen LogP contribution in [0.5, 0.6) is 0 Å². The van der Waals surface area contributed by atoms with Crippen LogP contribution in [0.15, 0.2) is 18.2 Å². The summed E-state index contributed by atoms with van der Waals surface area (Å²) in [6.45, 7) is 6.01. The van der Waals surface area contributed by atoms with Crippen molar-refractivity contribution in [1.82, 2.24) is 14.7 Å². The van der Waals surface area contributed by atoms with E-state index in [4.69, 9.17) is 0 Å². The van der Waals surface area contributed by atoms with E-state index in [2.05, 4.69) is 16.6 Å². The predicted molar refractivity (Wildman–Crippen MR) is 69.3 cm³/mol. The number of aromatic nitrogens is 2. The molecule has 3 heterocycles. The summed E-state index contributed by atoms with van der Waals surface area (Å²) in [5.74, 6) is 0.137. The lowest BCUT2D eigenvalue weighted by Gasteiger charge is -2.35. The molecule has 2 aliphatic rings. The number of fused-ring (bicyclic) bond motifs is 2. The Kier molecular flexibility index (Phi) is 2.54. The highest BCUT2D eigenvalue weighted by Crippen LogP contribution is 2.38. The van der Waals surface area contributed by atoms with Crippen molar-refractivity contribution >= 4 is 5.91 Å². The summed E-state index contributed by atoms with van der Waals surface area (Å²) in [6.07, 6.45) is 4.18. The molecule has 0 N–H and O–H groups in total. The third-order valence-corrected chi connectivity index (χ3v) is 4.12. The average molecular weight is 245 g/mol. The van der Waals surface area contributed by atoms with Gasteiger partial charge in [0.05, 0.1) is 5.69 Å². The molecule has 1 amide bonds. The fourth-order valence-electron chi connectivity index (χ4n) is 3.39. The first-order valence-electron chi connectivity index (χ1n) is 6.56. The minimum Gasteiger partial charge on any atom is -0.331 e. The zero-order chi connectivity index (χ0) is 12.9. The Morgan fingerprint density at radius 1 is 1.39 bits per heavy atom. The van der Waals surface area contributed by atoms with Gasteiger partial charge in [-0.05, 0) is 38.7 Å². The largest absolute Gasteiger partial charge is 0.331 e. The van der Waals surface area contributed by atoms with Crippen LogP contribution in [0.25, 0.3) is 0 Å². The summed E-state index contributed by atoms with van der Waals surface area (Å²) >= 11 is 0.